The van der Waals surface area contributed by atoms with Crippen LogP contribution in [0, 0.1) is 31.1 Å². The van der Waals surface area contributed by atoms with Crippen LogP contribution in [0.3, 0.4) is 0 Å². The van der Waals surface area contributed by atoms with Crippen LogP contribution in [0.4, 0.5) is 0 Å². The van der Waals surface area contributed by atoms with Crippen molar-refractivity contribution in [2.75, 3.05) is 12.4 Å². The molecular weight excluding hydrogens is 420 g/mol. The highest BCUT2D eigenvalue weighted by atomic mass is 32.2. The largest absolute Gasteiger partial charge is 0.465 e. The number of ether oxygens (including phenoxy) is 1. The van der Waals surface area contributed by atoms with Crippen molar-refractivity contribution in [3.8, 4) is 11.1 Å². The Hall–Kier alpha value is -2.08. The molecule has 1 aromatic carbocycles. The molecule has 0 saturated carbocycles. The zero-order valence-electron chi connectivity index (χ0n) is 20.8. The Morgan fingerprint density at radius 2 is 1.78 bits per heavy atom. The molecule has 0 aliphatic rings. The first-order valence-corrected chi connectivity index (χ1v) is 12.4. The maximum atomic E-state index is 12.9. The minimum Gasteiger partial charge on any atom is -0.465 e. The second-order valence-corrected chi connectivity index (χ2v) is 10.5. The van der Waals surface area contributed by atoms with Gasteiger partial charge in [-0.15, -0.1) is 0 Å². The topological polar surface area (TPSA) is 61.2 Å². The molecule has 0 spiro atoms. The highest BCUT2D eigenvalue weighted by Gasteiger charge is 2.41. The quantitative estimate of drug-likeness (QED) is 0.195. The number of thioether (sulfide) groups is 1. The summed E-state index contributed by atoms with van der Waals surface area (Å²) in [6.07, 6.45) is 3.36. The first-order chi connectivity index (χ1) is 15.0. The van der Waals surface area contributed by atoms with E-state index in [1.54, 1.807) is 29.6 Å². The van der Waals surface area contributed by atoms with E-state index in [9.17, 15) is 9.59 Å². The first kappa shape index (κ1) is 26.2. The average molecular weight is 459 g/mol. The molecule has 0 atom stereocenters. The lowest BCUT2D eigenvalue weighted by Gasteiger charge is -2.35. The van der Waals surface area contributed by atoms with Crippen molar-refractivity contribution < 1.29 is 9.53 Å². The third-order valence-electron chi connectivity index (χ3n) is 6.64. The molecule has 2 aromatic rings. The molecule has 32 heavy (non-hydrogen) atoms. The Balaban J connectivity index is 1.90. The number of carbonyl (C=O) groups excluding carboxylic acids is 1. The second kappa shape index (κ2) is 11.2. The van der Waals surface area contributed by atoms with Gasteiger partial charge in [0.2, 0.25) is 0 Å². The predicted molar refractivity (Wildman–Crippen MR) is 133 cm³/mol. The molecule has 0 unspecified atom stereocenters. The molecule has 0 N–H and O–H groups in total. The minimum absolute atomic E-state index is 0.0370. The lowest BCUT2D eigenvalue weighted by atomic mass is 9.70. The molecule has 1 heterocycles. The van der Waals surface area contributed by atoms with Crippen molar-refractivity contribution in [2.24, 2.45) is 24.3 Å². The van der Waals surface area contributed by atoms with E-state index >= 15 is 0 Å². The molecule has 6 heteroatoms. The number of benzene rings is 1. The summed E-state index contributed by atoms with van der Waals surface area (Å²) in [4.78, 5) is 30.0. The summed E-state index contributed by atoms with van der Waals surface area (Å²) >= 11 is 1.56. The molecule has 1 aromatic heterocycles. The summed E-state index contributed by atoms with van der Waals surface area (Å²) in [5.74, 6) is 1.15. The van der Waals surface area contributed by atoms with Crippen LogP contribution in [-0.4, -0.2) is 27.9 Å². The number of aromatic nitrogens is 2. The maximum Gasteiger partial charge on any atom is 0.312 e. The first-order valence-electron chi connectivity index (χ1n) is 11.4. The number of hydrogen-bond donors (Lipinski definition) is 0. The van der Waals surface area contributed by atoms with Crippen molar-refractivity contribution in [1.29, 1.82) is 0 Å². The van der Waals surface area contributed by atoms with Crippen LogP contribution >= 0.6 is 11.8 Å². The summed E-state index contributed by atoms with van der Waals surface area (Å²) in [6.45, 7) is 14.8. The third kappa shape index (κ3) is 5.83. The van der Waals surface area contributed by atoms with Crippen molar-refractivity contribution in [1.82, 2.24) is 9.55 Å². The van der Waals surface area contributed by atoms with E-state index in [0.29, 0.717) is 17.3 Å². The molecule has 0 radical (unpaired) electrons. The van der Waals surface area contributed by atoms with E-state index in [4.69, 9.17) is 4.74 Å². The number of hydrogen-bond acceptors (Lipinski definition) is 5. The summed E-state index contributed by atoms with van der Waals surface area (Å²) < 4.78 is 7.21. The number of unbranched alkanes of at least 4 members (excludes halogenated alkanes) is 1. The SMILES string of the molecule is Cc1ccc(-c2cnc(SCCCCOC(=O)C(C)(C(C)C)C(C)C)n(C)c2=O)c(C)c1. The van der Waals surface area contributed by atoms with Crippen LogP contribution in [0.2, 0.25) is 0 Å². The Bertz CT molecular complexity index is 987. The van der Waals surface area contributed by atoms with E-state index in [1.165, 1.54) is 5.56 Å². The van der Waals surface area contributed by atoms with Gasteiger partial charge in [-0.3, -0.25) is 14.2 Å². The number of esters is 1. The zero-order chi connectivity index (χ0) is 24.1. The molecule has 176 valence electrons. The van der Waals surface area contributed by atoms with Crippen LogP contribution in [-0.2, 0) is 16.6 Å². The molecule has 5 nitrogen and oxygen atoms in total. The fourth-order valence-electron chi connectivity index (χ4n) is 3.79. The van der Waals surface area contributed by atoms with Crippen molar-refractivity contribution in [3.05, 3.63) is 45.9 Å². The molecule has 0 aliphatic carbocycles. The number of carbonyl (C=O) groups is 1. The van der Waals surface area contributed by atoms with Crippen molar-refractivity contribution in [3.63, 3.8) is 0 Å². The van der Waals surface area contributed by atoms with Crippen LogP contribution in [0.25, 0.3) is 11.1 Å². The number of aryl methyl sites for hydroxylation is 2. The molecule has 0 bridgehead atoms. The Kier molecular flexibility index (Phi) is 9.14. The van der Waals surface area contributed by atoms with Gasteiger partial charge < -0.3 is 4.74 Å². The smallest absolute Gasteiger partial charge is 0.312 e. The van der Waals surface area contributed by atoms with Gasteiger partial charge in [0.25, 0.3) is 5.56 Å². The van der Waals surface area contributed by atoms with Crippen LogP contribution in [0.5, 0.6) is 0 Å². The third-order valence-corrected chi connectivity index (χ3v) is 7.77. The molecular formula is C26H38N2O3S. The van der Waals surface area contributed by atoms with Crippen LogP contribution in [0.15, 0.2) is 34.3 Å². The molecule has 0 aliphatic heterocycles. The summed E-state index contributed by atoms with van der Waals surface area (Å²) in [7, 11) is 1.77. The maximum absolute atomic E-state index is 12.9. The number of rotatable bonds is 10. The van der Waals surface area contributed by atoms with Gasteiger partial charge in [-0.25, -0.2) is 4.98 Å². The monoisotopic (exact) mass is 458 g/mol. The predicted octanol–water partition coefficient (Wildman–Crippen LogP) is 5.80. The van der Waals surface area contributed by atoms with E-state index in [2.05, 4.69) is 38.7 Å². The van der Waals surface area contributed by atoms with Gasteiger partial charge in [0.15, 0.2) is 5.16 Å². The summed E-state index contributed by atoms with van der Waals surface area (Å²) in [5.41, 5.74) is 3.30. The number of nitrogens with zero attached hydrogens (tertiary/aromatic N) is 2. The molecule has 0 amide bonds. The lowest BCUT2D eigenvalue weighted by molar-refractivity contribution is -0.161. The van der Waals surface area contributed by atoms with Gasteiger partial charge in [0, 0.05) is 19.0 Å². The van der Waals surface area contributed by atoms with Crippen LogP contribution in [0.1, 0.15) is 58.6 Å². The van der Waals surface area contributed by atoms with E-state index in [-0.39, 0.29) is 23.4 Å². The normalized spacial score (nSPS) is 11.9. The van der Waals surface area contributed by atoms with E-state index in [1.807, 2.05) is 32.9 Å². The molecule has 0 saturated heterocycles. The Labute approximate surface area is 197 Å². The summed E-state index contributed by atoms with van der Waals surface area (Å²) in [6, 6.07) is 6.08. The van der Waals surface area contributed by atoms with Gasteiger partial charge in [0.1, 0.15) is 0 Å². The van der Waals surface area contributed by atoms with Crippen molar-refractivity contribution in [2.45, 2.75) is 66.5 Å². The highest BCUT2D eigenvalue weighted by Crippen LogP contribution is 2.36. The van der Waals surface area contributed by atoms with Gasteiger partial charge in [-0.2, -0.15) is 0 Å². The fraction of sp³-hybridized carbons (Fsp3) is 0.577. The van der Waals surface area contributed by atoms with Gasteiger partial charge in [0.05, 0.1) is 17.6 Å². The fourth-order valence-corrected chi connectivity index (χ4v) is 4.72. The van der Waals surface area contributed by atoms with E-state index < -0.39 is 5.41 Å². The zero-order valence-corrected chi connectivity index (χ0v) is 21.6. The second-order valence-electron chi connectivity index (χ2n) is 9.42. The van der Waals surface area contributed by atoms with Gasteiger partial charge in [-0.1, -0.05) is 63.2 Å². The van der Waals surface area contributed by atoms with E-state index in [0.717, 1.165) is 29.7 Å². The van der Waals surface area contributed by atoms with Crippen molar-refractivity contribution >= 4 is 17.7 Å². The lowest BCUT2D eigenvalue weighted by Crippen LogP contribution is -2.39. The Morgan fingerprint density at radius 1 is 1.12 bits per heavy atom. The van der Waals surface area contributed by atoms with Crippen LogP contribution < -0.4 is 5.56 Å². The molecule has 0 fully saturated rings. The summed E-state index contributed by atoms with van der Waals surface area (Å²) in [5, 5.41) is 0.702. The van der Waals surface area contributed by atoms with Gasteiger partial charge >= 0.3 is 5.97 Å². The molecule has 2 rings (SSSR count). The highest BCUT2D eigenvalue weighted by molar-refractivity contribution is 7.99. The standard InChI is InChI=1S/C26H38N2O3S/c1-17(2)26(7,18(3)4)24(30)31-13-9-10-14-32-25-27-16-22(23(29)28(25)8)21-12-11-19(5)15-20(21)6/h11-12,15-18H,9-10,13-14H2,1-8H3. The Morgan fingerprint density at radius 3 is 2.38 bits per heavy atom. The minimum atomic E-state index is -0.464. The average Bonchev–Trinajstić information content (AvgIpc) is 2.73. The van der Waals surface area contributed by atoms with Gasteiger partial charge in [-0.05, 0) is 56.6 Å².